The number of hydrogen-bond donors (Lipinski definition) is 4. The third kappa shape index (κ3) is 6.13. The Balaban J connectivity index is 1.83. The van der Waals surface area contributed by atoms with Crippen molar-refractivity contribution >= 4 is 34.9 Å². The van der Waals surface area contributed by atoms with Crippen LogP contribution < -0.4 is 20.7 Å². The number of fused-ring (bicyclic) bond motifs is 1. The molecular weight excluding hydrogens is 460 g/mol. The lowest BCUT2D eigenvalue weighted by Crippen LogP contribution is -2.44. The average Bonchev–Trinajstić information content (AvgIpc) is 3.11. The van der Waals surface area contributed by atoms with Crippen LogP contribution in [-0.2, 0) is 16.0 Å². The quantitative estimate of drug-likeness (QED) is 0.410. The van der Waals surface area contributed by atoms with Crippen molar-refractivity contribution in [2.24, 2.45) is 5.41 Å². The van der Waals surface area contributed by atoms with Crippen molar-refractivity contribution in [3.8, 4) is 5.75 Å². The van der Waals surface area contributed by atoms with Crippen LogP contribution in [0, 0.1) is 12.3 Å². The molecule has 1 aromatic heterocycles. The van der Waals surface area contributed by atoms with Crippen LogP contribution in [0.3, 0.4) is 0 Å². The number of ketones is 1. The minimum atomic E-state index is -0.807. The molecule has 0 saturated carbocycles. The molecule has 4 N–H and O–H groups in total. The summed E-state index contributed by atoms with van der Waals surface area (Å²) in [5.41, 5.74) is 3.00. The first-order valence-corrected chi connectivity index (χ1v) is 12.3. The van der Waals surface area contributed by atoms with E-state index in [1.54, 1.807) is 25.1 Å². The van der Waals surface area contributed by atoms with Gasteiger partial charge in [0.2, 0.25) is 11.8 Å². The van der Waals surface area contributed by atoms with E-state index in [2.05, 4.69) is 20.9 Å². The van der Waals surface area contributed by atoms with Crippen LogP contribution >= 0.6 is 0 Å². The number of ether oxygens (including phenoxy) is 1. The van der Waals surface area contributed by atoms with Crippen LogP contribution in [0.4, 0.5) is 11.4 Å². The van der Waals surface area contributed by atoms with Gasteiger partial charge in [-0.15, -0.1) is 0 Å². The van der Waals surface area contributed by atoms with E-state index >= 15 is 0 Å². The number of carbonyl (C=O) groups is 4. The molecule has 9 heteroatoms. The Kier molecular flexibility index (Phi) is 8.22. The first kappa shape index (κ1) is 27.0. The molecule has 0 fully saturated rings. The Morgan fingerprint density at radius 3 is 2.53 bits per heavy atom. The largest absolute Gasteiger partial charge is 0.495 e. The average molecular weight is 497 g/mol. The lowest BCUT2D eigenvalue weighted by atomic mass is 9.75. The van der Waals surface area contributed by atoms with Crippen LogP contribution in [0.5, 0.6) is 5.75 Å². The second kappa shape index (κ2) is 11.0. The lowest BCUT2D eigenvalue weighted by Gasteiger charge is -2.28. The third-order valence-electron chi connectivity index (χ3n) is 6.37. The lowest BCUT2D eigenvalue weighted by molar-refractivity contribution is -0.118. The summed E-state index contributed by atoms with van der Waals surface area (Å²) in [7, 11) is 1.48. The molecule has 1 unspecified atom stereocenters. The number of benzene rings is 1. The first-order valence-electron chi connectivity index (χ1n) is 12.3. The normalized spacial score (nSPS) is 15.0. The smallest absolute Gasteiger partial charge is 0.268 e. The number of unbranched alkanes of at least 4 members (excludes halogenated alkanes) is 1. The van der Waals surface area contributed by atoms with Gasteiger partial charge in [0.05, 0.1) is 12.8 Å². The van der Waals surface area contributed by atoms with E-state index in [1.807, 2.05) is 20.8 Å². The van der Waals surface area contributed by atoms with Gasteiger partial charge in [0.25, 0.3) is 5.91 Å². The second-order valence-electron chi connectivity index (χ2n) is 10.2. The molecule has 2 aromatic rings. The molecule has 36 heavy (non-hydrogen) atoms. The molecule has 3 amide bonds. The molecule has 1 aliphatic rings. The molecule has 1 atom stereocenters. The van der Waals surface area contributed by atoms with E-state index < -0.39 is 17.9 Å². The number of Topliss-reactive ketones (excluding diaryl/α,β-unsaturated/α-hetero) is 1. The molecule has 1 aromatic carbocycles. The van der Waals surface area contributed by atoms with E-state index in [-0.39, 0.29) is 17.1 Å². The van der Waals surface area contributed by atoms with Gasteiger partial charge in [-0.3, -0.25) is 19.2 Å². The number of aromatic amines is 1. The Hall–Kier alpha value is -3.62. The number of nitrogens with one attached hydrogen (secondary N) is 4. The molecule has 3 rings (SSSR count). The van der Waals surface area contributed by atoms with Crippen LogP contribution in [0.25, 0.3) is 0 Å². The zero-order valence-corrected chi connectivity index (χ0v) is 21.9. The van der Waals surface area contributed by atoms with Gasteiger partial charge in [-0.2, -0.15) is 0 Å². The van der Waals surface area contributed by atoms with Crippen molar-refractivity contribution in [1.82, 2.24) is 10.3 Å². The fraction of sp³-hybridized carbons (Fsp3) is 0.481. The van der Waals surface area contributed by atoms with E-state index in [1.165, 1.54) is 14.0 Å². The number of rotatable bonds is 9. The van der Waals surface area contributed by atoms with Crippen molar-refractivity contribution in [2.45, 2.75) is 72.8 Å². The van der Waals surface area contributed by atoms with Crippen LogP contribution in [-0.4, -0.2) is 41.6 Å². The number of aromatic nitrogens is 1. The summed E-state index contributed by atoms with van der Waals surface area (Å²) in [5.74, 6) is -0.618. The highest BCUT2D eigenvalue weighted by atomic mass is 16.5. The van der Waals surface area contributed by atoms with Crippen LogP contribution in [0.1, 0.15) is 85.5 Å². The molecule has 0 aliphatic heterocycles. The predicted molar refractivity (Wildman–Crippen MR) is 139 cm³/mol. The summed E-state index contributed by atoms with van der Waals surface area (Å²) in [6.45, 7) is 9.23. The minimum Gasteiger partial charge on any atom is -0.495 e. The Morgan fingerprint density at radius 1 is 1.17 bits per heavy atom. The van der Waals surface area contributed by atoms with Gasteiger partial charge in [0.1, 0.15) is 17.5 Å². The highest BCUT2D eigenvalue weighted by Crippen LogP contribution is 2.36. The summed E-state index contributed by atoms with van der Waals surface area (Å²) in [5, 5.41) is 8.36. The van der Waals surface area contributed by atoms with Crippen molar-refractivity contribution in [1.29, 1.82) is 0 Å². The number of amides is 3. The van der Waals surface area contributed by atoms with E-state index in [4.69, 9.17) is 4.74 Å². The van der Waals surface area contributed by atoms with Crippen molar-refractivity contribution in [3.05, 3.63) is 40.7 Å². The number of methoxy groups -OCH3 is 1. The topological polar surface area (TPSA) is 129 Å². The summed E-state index contributed by atoms with van der Waals surface area (Å²) >= 11 is 0. The molecule has 1 aliphatic carbocycles. The molecule has 1 heterocycles. The molecule has 9 nitrogen and oxygen atoms in total. The van der Waals surface area contributed by atoms with E-state index in [0.29, 0.717) is 53.2 Å². The molecule has 0 saturated heterocycles. The van der Waals surface area contributed by atoms with E-state index in [0.717, 1.165) is 18.5 Å². The van der Waals surface area contributed by atoms with Gasteiger partial charge in [-0.1, -0.05) is 33.6 Å². The maximum absolute atomic E-state index is 13.3. The van der Waals surface area contributed by atoms with Gasteiger partial charge >= 0.3 is 0 Å². The van der Waals surface area contributed by atoms with Crippen LogP contribution in [0.15, 0.2) is 18.2 Å². The molecule has 194 valence electrons. The van der Waals surface area contributed by atoms with Crippen molar-refractivity contribution in [2.75, 3.05) is 17.7 Å². The monoisotopic (exact) mass is 496 g/mol. The standard InChI is InChI=1S/C27H36N4O5/c1-7-8-9-18(25(34)31-19-12-17(28-16(3)32)10-11-22(19)36-6)30-26(35)24-15(2)23-20(29-24)13-27(4,5)14-21(23)33/h10-12,18,29H,7-9,13-14H2,1-6H3,(H,28,32)(H,30,35)(H,31,34). The molecule has 0 radical (unpaired) electrons. The zero-order valence-electron chi connectivity index (χ0n) is 21.9. The summed E-state index contributed by atoms with van der Waals surface area (Å²) in [6, 6.07) is 4.11. The van der Waals surface area contributed by atoms with Crippen molar-refractivity contribution < 1.29 is 23.9 Å². The highest BCUT2D eigenvalue weighted by Gasteiger charge is 2.35. The van der Waals surface area contributed by atoms with Gasteiger partial charge < -0.3 is 25.7 Å². The first-order chi connectivity index (χ1) is 17.0. The number of carbonyl (C=O) groups excluding carboxylic acids is 4. The Bertz CT molecular complexity index is 1180. The maximum Gasteiger partial charge on any atom is 0.268 e. The van der Waals surface area contributed by atoms with Crippen LogP contribution in [0.2, 0.25) is 0 Å². The van der Waals surface area contributed by atoms with E-state index in [9.17, 15) is 19.2 Å². The molecular formula is C27H36N4O5. The molecule has 0 bridgehead atoms. The Morgan fingerprint density at radius 2 is 1.89 bits per heavy atom. The van der Waals surface area contributed by atoms with Gasteiger partial charge in [0.15, 0.2) is 5.78 Å². The minimum absolute atomic E-state index is 0.0282. The third-order valence-corrected chi connectivity index (χ3v) is 6.37. The summed E-state index contributed by atoms with van der Waals surface area (Å²) in [4.78, 5) is 53.9. The van der Waals surface area contributed by atoms with Gasteiger partial charge in [0, 0.05) is 30.3 Å². The SMILES string of the molecule is CCCCC(NC(=O)c1[nH]c2c(c1C)C(=O)CC(C)(C)C2)C(=O)Nc1cc(NC(C)=O)ccc1OC. The number of H-pyrrole nitrogens is 1. The Labute approximate surface area is 211 Å². The second-order valence-corrected chi connectivity index (χ2v) is 10.2. The van der Waals surface area contributed by atoms with Crippen molar-refractivity contribution in [3.63, 3.8) is 0 Å². The highest BCUT2D eigenvalue weighted by molar-refractivity contribution is 6.06. The fourth-order valence-electron chi connectivity index (χ4n) is 4.67. The number of anilines is 2. The fourth-order valence-corrected chi connectivity index (χ4v) is 4.67. The number of hydrogen-bond acceptors (Lipinski definition) is 5. The maximum atomic E-state index is 13.3. The molecule has 0 spiro atoms. The summed E-state index contributed by atoms with van der Waals surface area (Å²) in [6.07, 6.45) is 3.12. The predicted octanol–water partition coefficient (Wildman–Crippen LogP) is 4.37. The zero-order chi connectivity index (χ0) is 26.6. The van der Waals surface area contributed by atoms with Gasteiger partial charge in [-0.25, -0.2) is 0 Å². The van der Waals surface area contributed by atoms with Gasteiger partial charge in [-0.05, 0) is 48.9 Å². The summed E-state index contributed by atoms with van der Waals surface area (Å²) < 4.78 is 5.35.